The van der Waals surface area contributed by atoms with Gasteiger partial charge in [-0.1, -0.05) is 184 Å². The molecule has 0 aromatic heterocycles. The summed E-state index contributed by atoms with van der Waals surface area (Å²) in [6.07, 6.45) is 30.9. The van der Waals surface area contributed by atoms with Gasteiger partial charge in [0.2, 0.25) is 0 Å². The molecular weight excluding hydrogens is 644 g/mol. The molecule has 282 valence electrons. The highest BCUT2D eigenvalue weighted by Gasteiger charge is 2.37. The molecule has 49 heavy (non-hydrogen) atoms. The molecular formula is C41H68F3NO3S. The Hall–Kier alpha value is -1.90. The predicted molar refractivity (Wildman–Crippen MR) is 199 cm³/mol. The number of unbranched alkanes of at least 4 members (excludes halogenated alkanes) is 18. The summed E-state index contributed by atoms with van der Waals surface area (Å²) in [6, 6.07) is 23.4. The van der Waals surface area contributed by atoms with Crippen LogP contribution in [0.2, 0.25) is 0 Å². The van der Waals surface area contributed by atoms with E-state index in [1.165, 1.54) is 163 Å². The van der Waals surface area contributed by atoms with E-state index in [-0.39, 0.29) is 0 Å². The van der Waals surface area contributed by atoms with Gasteiger partial charge < -0.3 is 9.04 Å². The maximum Gasteiger partial charge on any atom is 0.485 e. The van der Waals surface area contributed by atoms with Crippen LogP contribution in [0.3, 0.4) is 0 Å². The van der Waals surface area contributed by atoms with Gasteiger partial charge in [0.15, 0.2) is 10.1 Å². The molecule has 0 radical (unpaired) electrons. The van der Waals surface area contributed by atoms with Crippen molar-refractivity contribution in [3.05, 3.63) is 71.8 Å². The summed E-state index contributed by atoms with van der Waals surface area (Å²) >= 11 is 0. The number of hydrogen-bond acceptors (Lipinski definition) is 3. The molecule has 0 N–H and O–H groups in total. The molecule has 0 fully saturated rings. The van der Waals surface area contributed by atoms with E-state index < -0.39 is 15.6 Å². The van der Waals surface area contributed by atoms with E-state index in [1.807, 2.05) is 0 Å². The third-order valence-electron chi connectivity index (χ3n) is 9.78. The molecule has 0 aliphatic carbocycles. The Morgan fingerprint density at radius 1 is 0.592 bits per heavy atom. The topological polar surface area (TPSA) is 57.2 Å². The van der Waals surface area contributed by atoms with Crippen LogP contribution < -0.4 is 0 Å². The third kappa shape index (κ3) is 22.5. The zero-order valence-corrected chi connectivity index (χ0v) is 31.9. The molecule has 0 heterocycles. The van der Waals surface area contributed by atoms with Gasteiger partial charge in [-0.2, -0.15) is 13.2 Å². The third-order valence-corrected chi connectivity index (χ3v) is 10.3. The fourth-order valence-electron chi connectivity index (χ4n) is 6.74. The van der Waals surface area contributed by atoms with Crippen molar-refractivity contribution in [3.8, 4) is 0 Å². The van der Waals surface area contributed by atoms with Crippen LogP contribution in [0.15, 0.2) is 60.7 Å². The molecule has 2 rings (SSSR count). The van der Waals surface area contributed by atoms with Crippen molar-refractivity contribution >= 4 is 10.1 Å². The summed E-state index contributed by atoms with van der Waals surface area (Å²) in [5.41, 5.74) is -2.62. The van der Waals surface area contributed by atoms with Crippen molar-refractivity contribution in [3.63, 3.8) is 0 Å². The van der Waals surface area contributed by atoms with Crippen molar-refractivity contribution < 1.29 is 30.6 Å². The SMILES string of the molecule is CCCCCCCCCCCCC(Cc1ccccc1)[N+](C)(CCCCCCCCCCCC)Cc1ccccc1.O=S(=O)([O-])C(F)(F)F. The minimum Gasteiger partial charge on any atom is -0.741 e. The summed E-state index contributed by atoms with van der Waals surface area (Å²) in [6.45, 7) is 7.09. The number of hydrogen-bond donors (Lipinski definition) is 0. The van der Waals surface area contributed by atoms with E-state index in [2.05, 4.69) is 81.6 Å². The Balaban J connectivity index is 0.00000133. The van der Waals surface area contributed by atoms with Gasteiger partial charge in [0.05, 0.1) is 19.6 Å². The Morgan fingerprint density at radius 3 is 1.33 bits per heavy atom. The van der Waals surface area contributed by atoms with Crippen LogP contribution in [0.5, 0.6) is 0 Å². The minimum atomic E-state index is -6.09. The quantitative estimate of drug-likeness (QED) is 0.0401. The lowest BCUT2D eigenvalue weighted by Gasteiger charge is -2.42. The van der Waals surface area contributed by atoms with Crippen molar-refractivity contribution in [2.45, 2.75) is 173 Å². The summed E-state index contributed by atoms with van der Waals surface area (Å²) in [5, 5.41) is 0. The molecule has 2 aromatic rings. The highest BCUT2D eigenvalue weighted by molar-refractivity contribution is 7.86. The maximum atomic E-state index is 10.7. The Morgan fingerprint density at radius 2 is 0.939 bits per heavy atom. The zero-order valence-electron chi connectivity index (χ0n) is 31.0. The normalized spacial score (nSPS) is 13.8. The van der Waals surface area contributed by atoms with E-state index in [0.29, 0.717) is 6.04 Å². The first-order chi connectivity index (χ1) is 23.4. The molecule has 2 unspecified atom stereocenters. The lowest BCUT2D eigenvalue weighted by Crippen LogP contribution is -2.53. The highest BCUT2D eigenvalue weighted by Crippen LogP contribution is 2.27. The van der Waals surface area contributed by atoms with Gasteiger partial charge in [-0.3, -0.25) is 0 Å². The molecule has 0 aliphatic heterocycles. The Bertz CT molecular complexity index is 1150. The molecule has 2 aromatic carbocycles. The average molecular weight is 712 g/mol. The van der Waals surface area contributed by atoms with Gasteiger partial charge in [-0.25, -0.2) is 8.42 Å². The van der Waals surface area contributed by atoms with Gasteiger partial charge in [0, 0.05) is 12.0 Å². The van der Waals surface area contributed by atoms with Crippen LogP contribution in [-0.2, 0) is 23.1 Å². The molecule has 4 nitrogen and oxygen atoms in total. The summed E-state index contributed by atoms with van der Waals surface area (Å²) in [5.74, 6) is 0. The maximum absolute atomic E-state index is 10.7. The van der Waals surface area contributed by atoms with Gasteiger partial charge in [-0.05, 0) is 31.2 Å². The second kappa shape index (κ2) is 26.8. The molecule has 2 atom stereocenters. The number of nitrogens with zero attached hydrogens (tertiary/aromatic N) is 1. The number of likely N-dealkylation sites (N-methyl/N-ethyl adjacent to an activating group) is 1. The highest BCUT2D eigenvalue weighted by atomic mass is 32.2. The Labute approximate surface area is 298 Å². The lowest BCUT2D eigenvalue weighted by atomic mass is 9.95. The first kappa shape index (κ1) is 45.1. The van der Waals surface area contributed by atoms with E-state index in [1.54, 1.807) is 0 Å². The van der Waals surface area contributed by atoms with E-state index in [0.717, 1.165) is 6.54 Å². The molecule has 0 saturated heterocycles. The number of quaternary nitrogens is 1. The van der Waals surface area contributed by atoms with E-state index in [4.69, 9.17) is 13.0 Å². The van der Waals surface area contributed by atoms with Crippen molar-refractivity contribution in [1.29, 1.82) is 0 Å². The number of halogens is 3. The molecule has 8 heteroatoms. The molecule has 0 spiro atoms. The van der Waals surface area contributed by atoms with Crippen molar-refractivity contribution in [2.75, 3.05) is 13.6 Å². The smallest absolute Gasteiger partial charge is 0.485 e. The summed E-state index contributed by atoms with van der Waals surface area (Å²) < 4.78 is 60.1. The summed E-state index contributed by atoms with van der Waals surface area (Å²) in [4.78, 5) is 0. The molecule has 0 bridgehead atoms. The number of alkyl halides is 3. The van der Waals surface area contributed by atoms with Crippen LogP contribution in [-0.4, -0.2) is 42.6 Å². The monoisotopic (exact) mass is 711 g/mol. The lowest BCUT2D eigenvalue weighted by molar-refractivity contribution is -0.946. The number of rotatable bonds is 27. The largest absolute Gasteiger partial charge is 0.741 e. The van der Waals surface area contributed by atoms with Gasteiger partial charge in [-0.15, -0.1) is 0 Å². The first-order valence-electron chi connectivity index (χ1n) is 19.4. The predicted octanol–water partition coefficient (Wildman–Crippen LogP) is 12.5. The standard InChI is InChI=1S/C40H68N.CHF3O3S/c1-4-6-8-10-12-14-16-18-20-28-34-40(36-38-30-24-22-25-31-38)41(3,37-39-32-26-23-27-33-39)35-29-21-19-17-15-13-11-9-7-5-2;2-1(3,4)8(5,6)7/h22-27,30-33,40H,4-21,28-29,34-37H2,1-3H3;(H,5,6,7)/q+1;/p-1. The van der Waals surface area contributed by atoms with E-state index >= 15 is 0 Å². The molecule has 0 amide bonds. The van der Waals surface area contributed by atoms with Crippen molar-refractivity contribution in [1.82, 2.24) is 0 Å². The van der Waals surface area contributed by atoms with Gasteiger partial charge >= 0.3 is 5.51 Å². The second-order valence-electron chi connectivity index (χ2n) is 14.2. The zero-order chi connectivity index (χ0) is 36.3. The summed E-state index contributed by atoms with van der Waals surface area (Å²) in [7, 11) is -3.50. The van der Waals surface area contributed by atoms with Crippen LogP contribution in [0.4, 0.5) is 13.2 Å². The van der Waals surface area contributed by atoms with E-state index in [9.17, 15) is 13.2 Å². The van der Waals surface area contributed by atoms with Crippen LogP contribution in [0.25, 0.3) is 0 Å². The fraction of sp³-hybridized carbons (Fsp3) is 0.707. The van der Waals surface area contributed by atoms with Gasteiger partial charge in [0.25, 0.3) is 0 Å². The fourth-order valence-corrected chi connectivity index (χ4v) is 6.74. The molecule has 0 aliphatic rings. The first-order valence-corrected chi connectivity index (χ1v) is 20.8. The second-order valence-corrected chi connectivity index (χ2v) is 15.6. The number of benzene rings is 2. The van der Waals surface area contributed by atoms with Crippen LogP contribution >= 0.6 is 0 Å². The van der Waals surface area contributed by atoms with Crippen LogP contribution in [0, 0.1) is 0 Å². The minimum absolute atomic E-state index is 0.685. The van der Waals surface area contributed by atoms with Crippen LogP contribution in [0.1, 0.15) is 160 Å². The van der Waals surface area contributed by atoms with Gasteiger partial charge in [0.1, 0.15) is 6.54 Å². The molecule has 0 saturated carbocycles. The van der Waals surface area contributed by atoms with Crippen molar-refractivity contribution in [2.24, 2.45) is 0 Å². The Kier molecular flexibility index (Phi) is 24.7. The average Bonchev–Trinajstić information content (AvgIpc) is 3.06.